The molecule has 2 aromatic carbocycles. The third-order valence-electron chi connectivity index (χ3n) is 9.73. The molecule has 10 heteroatoms. The van der Waals surface area contributed by atoms with Gasteiger partial charge < -0.3 is 19.8 Å². The molecule has 0 saturated carbocycles. The molecule has 7 rings (SSSR count). The lowest BCUT2D eigenvalue weighted by Crippen LogP contribution is -2.55. The first-order chi connectivity index (χ1) is 22.8. The van der Waals surface area contributed by atoms with Crippen LogP contribution in [0.5, 0.6) is 0 Å². The van der Waals surface area contributed by atoms with E-state index in [0.717, 1.165) is 27.0 Å². The van der Waals surface area contributed by atoms with Crippen molar-refractivity contribution in [3.8, 4) is 0 Å². The molecule has 2 aromatic heterocycles. The van der Waals surface area contributed by atoms with Gasteiger partial charge in [-0.1, -0.05) is 60.7 Å². The van der Waals surface area contributed by atoms with Gasteiger partial charge in [-0.15, -0.1) is 11.3 Å². The monoisotopic (exact) mass is 648 g/mol. The van der Waals surface area contributed by atoms with Crippen LogP contribution in [-0.2, 0) is 11.2 Å². The van der Waals surface area contributed by atoms with Crippen molar-refractivity contribution in [2.75, 3.05) is 39.4 Å². The molecule has 0 bridgehead atoms. The smallest absolute Gasteiger partial charge is 0.265 e. The lowest BCUT2D eigenvalue weighted by molar-refractivity contribution is -0.142. The summed E-state index contributed by atoms with van der Waals surface area (Å²) in [4.78, 5) is 48.3. The van der Waals surface area contributed by atoms with Crippen LogP contribution in [0.4, 0.5) is 0 Å². The minimum absolute atomic E-state index is 0.00625. The fourth-order valence-corrected chi connectivity index (χ4v) is 8.21. The zero-order valence-corrected chi connectivity index (χ0v) is 27.5. The Balaban J connectivity index is 1.02. The molecule has 47 heavy (non-hydrogen) atoms. The lowest BCUT2D eigenvalue weighted by Gasteiger charge is -2.44. The summed E-state index contributed by atoms with van der Waals surface area (Å²) in [5.74, 6) is -0.241. The zero-order chi connectivity index (χ0) is 32.4. The summed E-state index contributed by atoms with van der Waals surface area (Å²) in [6, 6.07) is 24.1. The van der Waals surface area contributed by atoms with Crippen LogP contribution in [0, 0.1) is 12.8 Å². The average Bonchev–Trinajstić information content (AvgIpc) is 3.47. The number of amides is 2. The van der Waals surface area contributed by atoms with Gasteiger partial charge in [0.1, 0.15) is 16.9 Å². The molecule has 242 valence electrons. The van der Waals surface area contributed by atoms with E-state index in [1.807, 2.05) is 76.4 Å². The molecule has 0 radical (unpaired) electrons. The third-order valence-corrected chi connectivity index (χ3v) is 10.9. The maximum absolute atomic E-state index is 14.1. The van der Waals surface area contributed by atoms with Crippen LogP contribution in [0.3, 0.4) is 0 Å². The second-order valence-corrected chi connectivity index (χ2v) is 14.1. The Morgan fingerprint density at radius 1 is 0.957 bits per heavy atom. The van der Waals surface area contributed by atoms with Crippen molar-refractivity contribution in [2.24, 2.45) is 10.9 Å². The van der Waals surface area contributed by atoms with Gasteiger partial charge >= 0.3 is 0 Å². The zero-order valence-electron chi connectivity index (χ0n) is 26.7. The van der Waals surface area contributed by atoms with Crippen LogP contribution in [-0.4, -0.2) is 86.6 Å². The average molecular weight is 649 g/mol. The van der Waals surface area contributed by atoms with Gasteiger partial charge in [-0.25, -0.2) is 4.98 Å². The molecule has 1 N–H and O–H groups in total. The molecule has 5 heterocycles. The van der Waals surface area contributed by atoms with Gasteiger partial charge in [0.2, 0.25) is 5.91 Å². The number of fused-ring (bicyclic) bond motifs is 1. The number of β-amino-alcohol motifs (C(OH)–C–C–N with tert-alkyl or cyclic N) is 1. The van der Waals surface area contributed by atoms with Crippen molar-refractivity contribution < 1.29 is 14.7 Å². The van der Waals surface area contributed by atoms with Crippen molar-refractivity contribution in [3.63, 3.8) is 0 Å². The van der Waals surface area contributed by atoms with Crippen LogP contribution in [0.1, 0.15) is 56.7 Å². The quantitative estimate of drug-likeness (QED) is 0.330. The maximum atomic E-state index is 14.1. The van der Waals surface area contributed by atoms with E-state index < -0.39 is 5.60 Å². The van der Waals surface area contributed by atoms with Crippen molar-refractivity contribution in [1.29, 1.82) is 0 Å². The predicted molar refractivity (Wildman–Crippen MR) is 181 cm³/mol. The number of carbonyl (C=O) groups is 2. The van der Waals surface area contributed by atoms with E-state index >= 15 is 0 Å². The van der Waals surface area contributed by atoms with Gasteiger partial charge in [0.05, 0.1) is 21.7 Å². The van der Waals surface area contributed by atoms with E-state index in [1.165, 1.54) is 16.9 Å². The molecule has 3 aliphatic heterocycles. The molecule has 0 aliphatic carbocycles. The normalized spacial score (nSPS) is 20.6. The molecule has 2 saturated heterocycles. The van der Waals surface area contributed by atoms with E-state index in [-0.39, 0.29) is 23.7 Å². The predicted octanol–water partition coefficient (Wildman–Crippen LogP) is 3.37. The lowest BCUT2D eigenvalue weighted by atomic mass is 9.79. The summed E-state index contributed by atoms with van der Waals surface area (Å²) < 4.78 is 0. The number of hydrogen-bond acceptors (Lipinski definition) is 8. The van der Waals surface area contributed by atoms with Gasteiger partial charge in [0.25, 0.3) is 5.91 Å². The fraction of sp³-hybridized carbons (Fsp3) is 0.378. The summed E-state index contributed by atoms with van der Waals surface area (Å²) in [5, 5.41) is 14.1. The highest BCUT2D eigenvalue weighted by molar-refractivity contribution is 7.13. The number of piperidine rings is 2. The fourth-order valence-electron chi connectivity index (χ4n) is 7.14. The number of aromatic nitrogens is 2. The van der Waals surface area contributed by atoms with Crippen molar-refractivity contribution >= 4 is 29.4 Å². The van der Waals surface area contributed by atoms with Crippen LogP contribution in [0.15, 0.2) is 84.0 Å². The van der Waals surface area contributed by atoms with E-state index in [4.69, 9.17) is 4.98 Å². The first kappa shape index (κ1) is 31.2. The molecule has 4 aromatic rings. The molecule has 0 spiro atoms. The largest absolute Gasteiger partial charge is 0.388 e. The molecule has 2 atom stereocenters. The first-order valence-corrected chi connectivity index (χ1v) is 17.2. The number of hydrogen-bond donors (Lipinski definition) is 1. The number of carbonyl (C=O) groups excluding carboxylic acids is 2. The molecular formula is C37H40N6O3S. The number of benzene rings is 2. The first-order valence-electron chi connectivity index (χ1n) is 16.4. The molecule has 2 fully saturated rings. The Hall–Kier alpha value is -4.41. The topological polar surface area (TPSA) is 102 Å². The van der Waals surface area contributed by atoms with Crippen LogP contribution in [0.2, 0.25) is 0 Å². The number of nitrogens with zero attached hydrogens (tertiary/aromatic N) is 6. The van der Waals surface area contributed by atoms with Crippen molar-refractivity contribution in [2.45, 2.75) is 44.1 Å². The number of aliphatic hydroxyl groups is 1. The van der Waals surface area contributed by atoms with Gasteiger partial charge in [-0.2, -0.15) is 0 Å². The highest BCUT2D eigenvalue weighted by atomic mass is 32.1. The highest BCUT2D eigenvalue weighted by Crippen LogP contribution is 2.36. The minimum atomic E-state index is -0.907. The minimum Gasteiger partial charge on any atom is -0.388 e. The molecule has 0 unspecified atom stereocenters. The number of likely N-dealkylation sites (tertiary alicyclic amines) is 2. The van der Waals surface area contributed by atoms with E-state index in [0.29, 0.717) is 70.0 Å². The third kappa shape index (κ3) is 6.84. The highest BCUT2D eigenvalue weighted by Gasteiger charge is 2.42. The number of rotatable bonds is 7. The second kappa shape index (κ2) is 13.4. The molecular weight excluding hydrogens is 609 g/mol. The van der Waals surface area contributed by atoms with E-state index in [9.17, 15) is 14.7 Å². The maximum Gasteiger partial charge on any atom is 0.265 e. The van der Waals surface area contributed by atoms with Crippen LogP contribution in [0.25, 0.3) is 6.20 Å². The van der Waals surface area contributed by atoms with Gasteiger partial charge in [-0.05, 0) is 49.4 Å². The Bertz CT molecular complexity index is 1860. The molecule has 9 nitrogen and oxygen atoms in total. The van der Waals surface area contributed by atoms with Crippen molar-refractivity contribution in [1.82, 2.24) is 24.7 Å². The number of pyridine rings is 1. The SMILES string of the molecule is Cc1nc(Cc2ccccc2)sc1C(=O)N1CC[C@@H](C(=O)N2CCC(O)(CN3C=c4ncccc4=NC3)CC2)[C@H](c2ccccc2)C1. The standard InChI is InChI=1S/C37H40N6O3S/c1-26-34(47-33(40-26)21-27-9-4-2-5-10-27)36(45)43-18-14-29(30(22-43)28-11-6-3-7-12-28)35(44)42-19-15-37(46,16-20-42)24-41-23-32-31(39-25-41)13-8-17-38-32/h2-13,17,23,29-30,46H,14-16,18-22,24-25H2,1H3/t29-,30+/m1/s1. The van der Waals surface area contributed by atoms with E-state index in [1.54, 1.807) is 6.20 Å². The number of aryl methyl sites for hydroxylation is 1. The summed E-state index contributed by atoms with van der Waals surface area (Å²) >= 11 is 1.48. The molecule has 2 amide bonds. The van der Waals surface area contributed by atoms with Gasteiger partial charge in [0.15, 0.2) is 0 Å². The van der Waals surface area contributed by atoms with Crippen LogP contribution < -0.4 is 10.7 Å². The van der Waals surface area contributed by atoms with Gasteiger partial charge in [0, 0.05) is 63.4 Å². The summed E-state index contributed by atoms with van der Waals surface area (Å²) in [6.45, 7) is 4.84. The molecule has 3 aliphatic rings. The Kier molecular flexibility index (Phi) is 8.88. The second-order valence-electron chi connectivity index (χ2n) is 13.0. The van der Waals surface area contributed by atoms with Crippen molar-refractivity contribution in [3.05, 3.63) is 116 Å². The summed E-state index contributed by atoms with van der Waals surface area (Å²) in [6.07, 6.45) is 6.01. The van der Waals surface area contributed by atoms with Crippen LogP contribution >= 0.6 is 11.3 Å². The Morgan fingerprint density at radius 3 is 2.47 bits per heavy atom. The summed E-state index contributed by atoms with van der Waals surface area (Å²) in [5.41, 5.74) is 2.09. The summed E-state index contributed by atoms with van der Waals surface area (Å²) in [7, 11) is 0. The Labute approximate surface area is 278 Å². The van der Waals surface area contributed by atoms with E-state index in [2.05, 4.69) is 34.2 Å². The van der Waals surface area contributed by atoms with Gasteiger partial charge in [-0.3, -0.25) is 19.6 Å². The number of thiazole rings is 1. The Morgan fingerprint density at radius 2 is 1.70 bits per heavy atom.